The Morgan fingerprint density at radius 3 is 2.74 bits per heavy atom. The third kappa shape index (κ3) is 4.55. The number of hydrogen-bond donors (Lipinski definition) is 2. The Morgan fingerprint density at radius 1 is 1.37 bits per heavy atom. The van der Waals surface area contributed by atoms with Crippen LogP contribution < -0.4 is 11.3 Å². The molecule has 4 heteroatoms. The lowest BCUT2D eigenvalue weighted by Gasteiger charge is -2.18. The minimum Gasteiger partial charge on any atom is -0.271 e. The average Bonchev–Trinajstić information content (AvgIpc) is 2.92. The lowest BCUT2D eigenvalue weighted by Crippen LogP contribution is -2.37. The van der Waals surface area contributed by atoms with Gasteiger partial charge in [-0.3, -0.25) is 11.3 Å². The first-order valence-corrected chi connectivity index (χ1v) is 7.88. The zero-order valence-electron chi connectivity index (χ0n) is 11.2. The Kier molecular flexibility index (Phi) is 5.79. The van der Waals surface area contributed by atoms with Crippen molar-refractivity contribution in [1.29, 1.82) is 0 Å². The summed E-state index contributed by atoms with van der Waals surface area (Å²) in [6.45, 7) is 0. The van der Waals surface area contributed by atoms with Crippen molar-refractivity contribution < 1.29 is 4.39 Å². The van der Waals surface area contributed by atoms with Gasteiger partial charge in [0.05, 0.1) is 4.47 Å². The summed E-state index contributed by atoms with van der Waals surface area (Å²) in [5.74, 6) is 6.31. The van der Waals surface area contributed by atoms with E-state index in [1.807, 2.05) is 12.1 Å². The molecule has 0 bridgehead atoms. The molecule has 0 spiro atoms. The van der Waals surface area contributed by atoms with Crippen LogP contribution >= 0.6 is 15.9 Å². The van der Waals surface area contributed by atoms with Crippen LogP contribution in [-0.2, 0) is 6.42 Å². The predicted octanol–water partition coefficient (Wildman–Crippen LogP) is 3.93. The lowest BCUT2D eigenvalue weighted by atomic mass is 9.95. The van der Waals surface area contributed by atoms with E-state index >= 15 is 0 Å². The monoisotopic (exact) mass is 328 g/mol. The molecule has 1 aromatic rings. The van der Waals surface area contributed by atoms with Crippen LogP contribution in [0.4, 0.5) is 4.39 Å². The lowest BCUT2D eigenvalue weighted by molar-refractivity contribution is 0.407. The predicted molar refractivity (Wildman–Crippen MR) is 80.1 cm³/mol. The van der Waals surface area contributed by atoms with E-state index in [0.29, 0.717) is 4.47 Å². The maximum Gasteiger partial charge on any atom is 0.137 e. The van der Waals surface area contributed by atoms with Crippen LogP contribution in [-0.4, -0.2) is 6.04 Å². The van der Waals surface area contributed by atoms with Crippen LogP contribution in [0, 0.1) is 11.7 Å². The minimum atomic E-state index is -0.216. The zero-order chi connectivity index (χ0) is 13.7. The van der Waals surface area contributed by atoms with Crippen LogP contribution in [0.5, 0.6) is 0 Å². The summed E-state index contributed by atoms with van der Waals surface area (Å²) >= 11 is 3.22. The SMILES string of the molecule is NNC(CCC1CCCC1)Cc1ccc(F)c(Br)c1. The minimum absolute atomic E-state index is 0.216. The average molecular weight is 329 g/mol. The first-order chi connectivity index (χ1) is 9.19. The fourth-order valence-electron chi connectivity index (χ4n) is 2.93. The van der Waals surface area contributed by atoms with Crippen LogP contribution in [0.3, 0.4) is 0 Å². The van der Waals surface area contributed by atoms with Crippen molar-refractivity contribution in [2.45, 2.75) is 51.0 Å². The van der Waals surface area contributed by atoms with Gasteiger partial charge in [-0.2, -0.15) is 0 Å². The van der Waals surface area contributed by atoms with Gasteiger partial charge in [0.25, 0.3) is 0 Å². The van der Waals surface area contributed by atoms with Crippen LogP contribution in [0.15, 0.2) is 22.7 Å². The third-order valence-corrected chi connectivity index (χ3v) is 4.71. The van der Waals surface area contributed by atoms with Crippen LogP contribution in [0.2, 0.25) is 0 Å². The maximum atomic E-state index is 13.2. The fourth-order valence-corrected chi connectivity index (χ4v) is 3.36. The highest BCUT2D eigenvalue weighted by Crippen LogP contribution is 2.29. The molecule has 1 aliphatic carbocycles. The molecule has 19 heavy (non-hydrogen) atoms. The Balaban J connectivity index is 1.85. The van der Waals surface area contributed by atoms with Gasteiger partial charge >= 0.3 is 0 Å². The normalized spacial score (nSPS) is 17.8. The van der Waals surface area contributed by atoms with Crippen molar-refractivity contribution in [2.75, 3.05) is 0 Å². The molecule has 0 radical (unpaired) electrons. The summed E-state index contributed by atoms with van der Waals surface area (Å²) in [5, 5.41) is 0. The summed E-state index contributed by atoms with van der Waals surface area (Å²) < 4.78 is 13.7. The van der Waals surface area contributed by atoms with Crippen LogP contribution in [0.1, 0.15) is 44.1 Å². The van der Waals surface area contributed by atoms with Crippen molar-refractivity contribution in [3.8, 4) is 0 Å². The number of hydrogen-bond acceptors (Lipinski definition) is 2. The molecule has 1 aromatic carbocycles. The first-order valence-electron chi connectivity index (χ1n) is 7.09. The largest absolute Gasteiger partial charge is 0.271 e. The van der Waals surface area contributed by atoms with E-state index in [-0.39, 0.29) is 11.9 Å². The molecule has 0 heterocycles. The number of hydrazine groups is 1. The summed E-state index contributed by atoms with van der Waals surface area (Å²) in [7, 11) is 0. The number of benzene rings is 1. The molecule has 106 valence electrons. The van der Waals surface area contributed by atoms with Gasteiger partial charge in [-0.15, -0.1) is 0 Å². The van der Waals surface area contributed by atoms with Crippen molar-refractivity contribution in [3.05, 3.63) is 34.1 Å². The number of nitrogens with two attached hydrogens (primary N) is 1. The topological polar surface area (TPSA) is 38.0 Å². The molecule has 0 amide bonds. The number of halogens is 2. The Hall–Kier alpha value is -0.450. The highest BCUT2D eigenvalue weighted by atomic mass is 79.9. The highest BCUT2D eigenvalue weighted by molar-refractivity contribution is 9.10. The molecule has 0 saturated heterocycles. The van der Waals surface area contributed by atoms with E-state index in [0.717, 1.165) is 24.3 Å². The molecule has 0 aromatic heterocycles. The quantitative estimate of drug-likeness (QED) is 0.613. The van der Waals surface area contributed by atoms with Gasteiger partial charge in [0.1, 0.15) is 5.82 Å². The summed E-state index contributed by atoms with van der Waals surface area (Å²) in [6, 6.07) is 5.46. The van der Waals surface area contributed by atoms with E-state index in [4.69, 9.17) is 5.84 Å². The molecule has 0 aliphatic heterocycles. The molecule has 1 atom stereocenters. The van der Waals surface area contributed by atoms with Crippen molar-refractivity contribution in [2.24, 2.45) is 11.8 Å². The van der Waals surface area contributed by atoms with Crippen molar-refractivity contribution in [3.63, 3.8) is 0 Å². The Labute approximate surface area is 123 Å². The van der Waals surface area contributed by atoms with E-state index in [2.05, 4.69) is 21.4 Å². The smallest absolute Gasteiger partial charge is 0.137 e. The molecular weight excluding hydrogens is 307 g/mol. The molecule has 1 fully saturated rings. The number of rotatable bonds is 6. The second-order valence-electron chi connectivity index (χ2n) is 5.54. The molecular formula is C15H22BrFN2. The zero-order valence-corrected chi connectivity index (χ0v) is 12.8. The summed E-state index contributed by atoms with van der Waals surface area (Å²) in [6.07, 6.45) is 8.71. The summed E-state index contributed by atoms with van der Waals surface area (Å²) in [5.41, 5.74) is 4.01. The van der Waals surface area contributed by atoms with Crippen LogP contribution in [0.25, 0.3) is 0 Å². The standard InChI is InChI=1S/C15H22BrFN2/c16-14-10-12(6-8-15(14)17)9-13(19-18)7-5-11-3-1-2-4-11/h6,8,10-11,13,19H,1-5,7,9,18H2. The van der Waals surface area contributed by atoms with Crippen molar-refractivity contribution >= 4 is 15.9 Å². The number of nitrogens with one attached hydrogen (secondary N) is 1. The molecule has 2 nitrogen and oxygen atoms in total. The molecule has 1 unspecified atom stereocenters. The van der Waals surface area contributed by atoms with Gasteiger partial charge in [0.2, 0.25) is 0 Å². The molecule has 2 rings (SSSR count). The third-order valence-electron chi connectivity index (χ3n) is 4.10. The molecule has 1 aliphatic rings. The van der Waals surface area contributed by atoms with E-state index in [1.54, 1.807) is 0 Å². The highest BCUT2D eigenvalue weighted by Gasteiger charge is 2.17. The van der Waals surface area contributed by atoms with Gasteiger partial charge in [-0.25, -0.2) is 4.39 Å². The van der Waals surface area contributed by atoms with E-state index in [1.165, 1.54) is 38.2 Å². The van der Waals surface area contributed by atoms with Crippen molar-refractivity contribution in [1.82, 2.24) is 5.43 Å². The molecule has 1 saturated carbocycles. The second-order valence-corrected chi connectivity index (χ2v) is 6.40. The second kappa shape index (κ2) is 7.36. The first kappa shape index (κ1) is 14.9. The van der Waals surface area contributed by atoms with Gasteiger partial charge in [-0.05, 0) is 58.8 Å². The summed E-state index contributed by atoms with van der Waals surface area (Å²) in [4.78, 5) is 0. The Morgan fingerprint density at radius 2 is 2.11 bits per heavy atom. The van der Waals surface area contributed by atoms with Gasteiger partial charge in [-0.1, -0.05) is 31.7 Å². The van der Waals surface area contributed by atoms with Gasteiger partial charge in [0, 0.05) is 6.04 Å². The molecule has 3 N–H and O–H groups in total. The Bertz CT molecular complexity index is 405. The maximum absolute atomic E-state index is 13.2. The van der Waals surface area contributed by atoms with E-state index < -0.39 is 0 Å². The van der Waals surface area contributed by atoms with E-state index in [9.17, 15) is 4.39 Å². The van der Waals surface area contributed by atoms with Gasteiger partial charge in [0.15, 0.2) is 0 Å². The van der Waals surface area contributed by atoms with Gasteiger partial charge < -0.3 is 0 Å². The fraction of sp³-hybridized carbons (Fsp3) is 0.600.